The Labute approximate surface area is 204 Å². The Morgan fingerprint density at radius 3 is 2.67 bits per heavy atom. The SMILES string of the molecule is COc1ccc(CCNc2ncc3c(n2)c(=O)c(C#N)c2[nH]c4ccc(C)cc4c(=O)n23)cc1OC. The van der Waals surface area contributed by atoms with Crippen molar-refractivity contribution in [2.75, 3.05) is 26.1 Å². The predicted molar refractivity (Wildman–Crippen MR) is 136 cm³/mol. The summed E-state index contributed by atoms with van der Waals surface area (Å²) >= 11 is 0. The van der Waals surface area contributed by atoms with E-state index >= 15 is 0 Å². The summed E-state index contributed by atoms with van der Waals surface area (Å²) in [5.74, 6) is 1.50. The summed E-state index contributed by atoms with van der Waals surface area (Å²) in [6.07, 6.45) is 2.06. The van der Waals surface area contributed by atoms with Crippen molar-refractivity contribution in [1.29, 1.82) is 5.26 Å². The summed E-state index contributed by atoms with van der Waals surface area (Å²) in [7, 11) is 3.16. The Morgan fingerprint density at radius 1 is 1.11 bits per heavy atom. The third-order valence-electron chi connectivity index (χ3n) is 6.03. The van der Waals surface area contributed by atoms with Gasteiger partial charge in [0.05, 0.1) is 36.8 Å². The molecule has 0 aliphatic carbocycles. The molecule has 0 fully saturated rings. The first-order valence-corrected chi connectivity index (χ1v) is 11.2. The van der Waals surface area contributed by atoms with Crippen LogP contribution in [0, 0.1) is 18.3 Å². The number of aromatic nitrogens is 4. The number of rotatable bonds is 6. The fraction of sp³-hybridized carbons (Fsp3) is 0.192. The van der Waals surface area contributed by atoms with Gasteiger partial charge in [0.2, 0.25) is 11.4 Å². The van der Waals surface area contributed by atoms with Crippen LogP contribution in [0.4, 0.5) is 5.95 Å². The molecule has 5 rings (SSSR count). The predicted octanol–water partition coefficient (Wildman–Crippen LogP) is 2.94. The molecule has 180 valence electrons. The largest absolute Gasteiger partial charge is 0.493 e. The minimum atomic E-state index is -0.569. The van der Waals surface area contributed by atoms with Crippen LogP contribution in [0.5, 0.6) is 11.5 Å². The first kappa shape index (κ1) is 22.9. The number of fused-ring (bicyclic) bond motifs is 4. The molecule has 10 nitrogen and oxygen atoms in total. The van der Waals surface area contributed by atoms with Crippen LogP contribution in [0.15, 0.2) is 52.2 Å². The van der Waals surface area contributed by atoms with Gasteiger partial charge in [0.1, 0.15) is 22.8 Å². The van der Waals surface area contributed by atoms with E-state index in [9.17, 15) is 14.9 Å². The van der Waals surface area contributed by atoms with Gasteiger partial charge in [-0.3, -0.25) is 14.0 Å². The van der Waals surface area contributed by atoms with Gasteiger partial charge in [-0.25, -0.2) is 9.97 Å². The van der Waals surface area contributed by atoms with E-state index in [1.165, 1.54) is 10.6 Å². The molecule has 0 aliphatic rings. The van der Waals surface area contributed by atoms with Crippen molar-refractivity contribution < 1.29 is 9.47 Å². The fourth-order valence-electron chi connectivity index (χ4n) is 4.23. The number of hydrogen-bond acceptors (Lipinski definition) is 8. The topological polar surface area (TPSA) is 134 Å². The van der Waals surface area contributed by atoms with Crippen LogP contribution < -0.4 is 25.8 Å². The summed E-state index contributed by atoms with van der Waals surface area (Å²) < 4.78 is 11.9. The number of nitrogens with one attached hydrogen (secondary N) is 2. The normalized spacial score (nSPS) is 11.1. The molecule has 0 radical (unpaired) electrons. The zero-order chi connectivity index (χ0) is 25.4. The molecule has 0 aliphatic heterocycles. The van der Waals surface area contributed by atoms with Gasteiger partial charge in [-0.1, -0.05) is 17.7 Å². The van der Waals surface area contributed by atoms with E-state index in [1.54, 1.807) is 26.4 Å². The highest BCUT2D eigenvalue weighted by Crippen LogP contribution is 2.27. The lowest BCUT2D eigenvalue weighted by Crippen LogP contribution is -2.23. The molecular weight excluding hydrogens is 460 g/mol. The molecule has 2 aromatic carbocycles. The molecule has 0 spiro atoms. The van der Waals surface area contributed by atoms with Crippen LogP contribution in [-0.4, -0.2) is 40.1 Å². The molecular formula is C26H22N6O4. The Balaban J connectivity index is 1.55. The van der Waals surface area contributed by atoms with Crippen LogP contribution in [0.1, 0.15) is 16.7 Å². The van der Waals surface area contributed by atoms with Crippen molar-refractivity contribution in [3.8, 4) is 17.6 Å². The molecule has 3 aromatic heterocycles. The molecule has 2 N–H and O–H groups in total. The standard InChI is InChI=1S/C26H22N6O4/c1-14-4-6-18-16(10-14)25(34)32-19-13-29-26(31-22(19)23(33)17(12-27)24(32)30-18)28-9-8-15-5-7-20(35-2)21(11-15)36-3/h4-7,10-11,13,30H,8-9H2,1-3H3,(H,28,29,31). The number of nitrogens with zero attached hydrogens (tertiary/aromatic N) is 4. The van der Waals surface area contributed by atoms with Gasteiger partial charge in [-0.05, 0) is 43.2 Å². The maximum Gasteiger partial charge on any atom is 0.266 e. The summed E-state index contributed by atoms with van der Waals surface area (Å²) in [6, 6.07) is 12.9. The number of H-pyrrole nitrogens is 1. The maximum absolute atomic E-state index is 13.4. The monoisotopic (exact) mass is 482 g/mol. The molecule has 0 bridgehead atoms. The molecule has 0 amide bonds. The van der Waals surface area contributed by atoms with Crippen LogP contribution in [0.2, 0.25) is 0 Å². The van der Waals surface area contributed by atoms with Crippen LogP contribution in [0.3, 0.4) is 0 Å². The second kappa shape index (κ2) is 9.03. The van der Waals surface area contributed by atoms with E-state index in [0.29, 0.717) is 35.4 Å². The van der Waals surface area contributed by atoms with E-state index < -0.39 is 5.43 Å². The Hall–Kier alpha value is -4.91. The lowest BCUT2D eigenvalue weighted by Gasteiger charge is -2.11. The number of methoxy groups -OCH3 is 2. The highest BCUT2D eigenvalue weighted by Gasteiger charge is 2.18. The molecule has 5 aromatic rings. The molecule has 0 saturated carbocycles. The minimum Gasteiger partial charge on any atom is -0.493 e. The second-order valence-corrected chi connectivity index (χ2v) is 8.27. The van der Waals surface area contributed by atoms with Gasteiger partial charge >= 0.3 is 0 Å². The van der Waals surface area contributed by atoms with Gasteiger partial charge in [0, 0.05) is 6.54 Å². The van der Waals surface area contributed by atoms with Crippen molar-refractivity contribution in [2.45, 2.75) is 13.3 Å². The molecule has 36 heavy (non-hydrogen) atoms. The summed E-state index contributed by atoms with van der Waals surface area (Å²) in [4.78, 5) is 38.3. The minimum absolute atomic E-state index is 0.00910. The number of aromatic amines is 1. The lowest BCUT2D eigenvalue weighted by atomic mass is 10.1. The molecule has 10 heteroatoms. The van der Waals surface area contributed by atoms with Gasteiger partial charge in [-0.2, -0.15) is 5.26 Å². The molecule has 0 saturated heterocycles. The molecule has 3 heterocycles. The first-order valence-electron chi connectivity index (χ1n) is 11.2. The first-order chi connectivity index (χ1) is 17.4. The summed E-state index contributed by atoms with van der Waals surface area (Å²) in [5.41, 5.74) is 1.68. The van der Waals surface area contributed by atoms with Crippen molar-refractivity contribution in [2.24, 2.45) is 0 Å². The Bertz CT molecular complexity index is 1820. The van der Waals surface area contributed by atoms with Gasteiger partial charge < -0.3 is 19.8 Å². The second-order valence-electron chi connectivity index (χ2n) is 8.27. The van der Waals surface area contributed by atoms with Gasteiger partial charge in [0.15, 0.2) is 11.5 Å². The van der Waals surface area contributed by atoms with Crippen LogP contribution >= 0.6 is 0 Å². The summed E-state index contributed by atoms with van der Waals surface area (Å²) in [5, 5.41) is 13.3. The van der Waals surface area contributed by atoms with E-state index in [4.69, 9.17) is 9.47 Å². The van der Waals surface area contributed by atoms with E-state index in [1.807, 2.05) is 37.3 Å². The molecule has 0 atom stereocenters. The highest BCUT2D eigenvalue weighted by atomic mass is 16.5. The third kappa shape index (κ3) is 3.76. The zero-order valence-electron chi connectivity index (χ0n) is 19.9. The van der Waals surface area contributed by atoms with Crippen molar-refractivity contribution >= 4 is 33.5 Å². The lowest BCUT2D eigenvalue weighted by molar-refractivity contribution is 0.354. The summed E-state index contributed by atoms with van der Waals surface area (Å²) in [6.45, 7) is 2.36. The smallest absolute Gasteiger partial charge is 0.266 e. The average Bonchev–Trinajstić information content (AvgIpc) is 2.89. The van der Waals surface area contributed by atoms with E-state index in [0.717, 1.165) is 11.1 Å². The fourth-order valence-corrected chi connectivity index (χ4v) is 4.23. The third-order valence-corrected chi connectivity index (χ3v) is 6.03. The molecule has 0 unspecified atom stereocenters. The van der Waals surface area contributed by atoms with E-state index in [2.05, 4.69) is 20.3 Å². The number of ether oxygens (including phenoxy) is 2. The zero-order valence-corrected chi connectivity index (χ0v) is 19.9. The number of hydrogen-bond donors (Lipinski definition) is 2. The van der Waals surface area contributed by atoms with Gasteiger partial charge in [-0.15, -0.1) is 0 Å². The Kier molecular flexibility index (Phi) is 5.74. The van der Waals surface area contributed by atoms with E-state index in [-0.39, 0.29) is 33.8 Å². The number of anilines is 1. The quantitative estimate of drug-likeness (QED) is 0.279. The van der Waals surface area contributed by atoms with Crippen LogP contribution in [-0.2, 0) is 6.42 Å². The van der Waals surface area contributed by atoms with Crippen molar-refractivity contribution in [3.63, 3.8) is 0 Å². The Morgan fingerprint density at radius 2 is 1.92 bits per heavy atom. The maximum atomic E-state index is 13.4. The highest BCUT2D eigenvalue weighted by molar-refractivity contribution is 5.87. The van der Waals surface area contributed by atoms with Crippen molar-refractivity contribution in [1.82, 2.24) is 19.4 Å². The average molecular weight is 483 g/mol. The van der Waals surface area contributed by atoms with Crippen molar-refractivity contribution in [3.05, 3.63) is 79.9 Å². The number of benzene rings is 2. The van der Waals surface area contributed by atoms with Crippen LogP contribution in [0.25, 0.3) is 27.6 Å². The number of pyridine rings is 1. The van der Waals surface area contributed by atoms with Gasteiger partial charge in [0.25, 0.3) is 5.56 Å². The number of nitriles is 1. The number of aryl methyl sites for hydroxylation is 1.